The summed E-state index contributed by atoms with van der Waals surface area (Å²) in [4.78, 5) is 19.9. The minimum atomic E-state index is -0.832. The van der Waals surface area contributed by atoms with Crippen LogP contribution in [0.15, 0.2) is 35.5 Å². The number of anilines is 1. The van der Waals surface area contributed by atoms with Crippen molar-refractivity contribution in [3.63, 3.8) is 0 Å². The van der Waals surface area contributed by atoms with Crippen molar-refractivity contribution >= 4 is 5.82 Å². The maximum Gasteiger partial charge on any atom is 0.351 e. The van der Waals surface area contributed by atoms with E-state index in [-0.39, 0.29) is 18.8 Å². The Morgan fingerprint density at radius 1 is 1.50 bits per heavy atom. The number of hydrogen-bond acceptors (Lipinski definition) is 7. The topological polar surface area (TPSA) is 123 Å². The van der Waals surface area contributed by atoms with Crippen molar-refractivity contribution in [2.45, 2.75) is 24.9 Å². The Morgan fingerprint density at radius 2 is 2.32 bits per heavy atom. The predicted molar refractivity (Wildman–Crippen MR) is 77.8 cm³/mol. The number of nitrogen functional groups attached to an aromatic ring is 1. The van der Waals surface area contributed by atoms with E-state index < -0.39 is 24.1 Å². The Balaban J connectivity index is 2.01. The van der Waals surface area contributed by atoms with E-state index in [1.807, 2.05) is 0 Å². The van der Waals surface area contributed by atoms with Crippen LogP contribution in [0.3, 0.4) is 0 Å². The molecule has 0 aromatic carbocycles. The molecule has 3 rings (SSSR count). The Morgan fingerprint density at radius 3 is 2.95 bits per heavy atom. The summed E-state index contributed by atoms with van der Waals surface area (Å²) < 4.78 is 6.76. The van der Waals surface area contributed by atoms with Gasteiger partial charge in [0.2, 0.25) is 0 Å². The molecule has 0 bridgehead atoms. The van der Waals surface area contributed by atoms with Crippen LogP contribution < -0.4 is 11.4 Å². The molecule has 0 unspecified atom stereocenters. The first kappa shape index (κ1) is 14.6. The smallest absolute Gasteiger partial charge is 0.351 e. The second-order valence-corrected chi connectivity index (χ2v) is 5.09. The fourth-order valence-corrected chi connectivity index (χ4v) is 2.48. The van der Waals surface area contributed by atoms with Gasteiger partial charge in [0.1, 0.15) is 18.1 Å². The van der Waals surface area contributed by atoms with Gasteiger partial charge in [-0.1, -0.05) is 6.07 Å². The fraction of sp³-hybridized carbons (Fsp3) is 0.357. The average molecular weight is 304 g/mol. The second-order valence-electron chi connectivity index (χ2n) is 5.09. The molecule has 1 aliphatic heterocycles. The van der Waals surface area contributed by atoms with Crippen LogP contribution in [0.2, 0.25) is 0 Å². The summed E-state index contributed by atoms with van der Waals surface area (Å²) in [7, 11) is 0. The van der Waals surface area contributed by atoms with E-state index in [0.717, 1.165) is 5.56 Å². The molecule has 8 heteroatoms. The zero-order chi connectivity index (χ0) is 15.7. The van der Waals surface area contributed by atoms with Crippen molar-refractivity contribution in [3.05, 3.63) is 41.2 Å². The molecular formula is C14H16N4O4. The predicted octanol–water partition coefficient (Wildman–Crippen LogP) is -0.472. The van der Waals surface area contributed by atoms with Gasteiger partial charge < -0.3 is 20.7 Å². The fourth-order valence-electron chi connectivity index (χ4n) is 2.48. The van der Waals surface area contributed by atoms with Gasteiger partial charge in [0.15, 0.2) is 0 Å². The standard InChI is InChI=1S/C14H16N4O4/c15-13-9(8-2-1-3-16-5-8)6-18(14(21)17-13)12-4-10(20)11(7-19)22-12/h1-3,5-6,10-12,19-20H,4,7H2,(H2,15,17,21)/t10-,11+,12-/m0/s1. The highest BCUT2D eigenvalue weighted by Gasteiger charge is 2.35. The van der Waals surface area contributed by atoms with Crippen LogP contribution in [0, 0.1) is 0 Å². The summed E-state index contributed by atoms with van der Waals surface area (Å²) in [5.74, 6) is 0.103. The zero-order valence-electron chi connectivity index (χ0n) is 11.7. The van der Waals surface area contributed by atoms with Gasteiger partial charge in [-0.15, -0.1) is 0 Å². The van der Waals surface area contributed by atoms with Crippen LogP contribution in [0.4, 0.5) is 5.82 Å². The molecule has 116 valence electrons. The first-order valence-electron chi connectivity index (χ1n) is 6.83. The first-order chi connectivity index (χ1) is 10.6. The number of hydrogen-bond donors (Lipinski definition) is 3. The lowest BCUT2D eigenvalue weighted by atomic mass is 10.1. The second kappa shape index (κ2) is 5.84. The highest BCUT2D eigenvalue weighted by molar-refractivity contribution is 5.71. The van der Waals surface area contributed by atoms with Crippen molar-refractivity contribution in [2.75, 3.05) is 12.3 Å². The molecule has 2 aromatic heterocycles. The van der Waals surface area contributed by atoms with Gasteiger partial charge >= 0.3 is 5.69 Å². The Hall–Kier alpha value is -2.29. The average Bonchev–Trinajstić information content (AvgIpc) is 2.89. The maximum atomic E-state index is 12.0. The molecule has 0 saturated carbocycles. The van der Waals surface area contributed by atoms with E-state index >= 15 is 0 Å². The van der Waals surface area contributed by atoms with E-state index in [1.165, 1.54) is 4.57 Å². The summed E-state index contributed by atoms with van der Waals surface area (Å²) in [6, 6.07) is 3.55. The molecule has 1 fully saturated rings. The zero-order valence-corrected chi connectivity index (χ0v) is 11.7. The third-order valence-electron chi connectivity index (χ3n) is 3.65. The van der Waals surface area contributed by atoms with Gasteiger partial charge in [-0.05, 0) is 6.07 Å². The number of aromatic nitrogens is 3. The molecule has 0 aliphatic carbocycles. The molecule has 0 amide bonds. The van der Waals surface area contributed by atoms with Crippen LogP contribution in [-0.2, 0) is 4.74 Å². The summed E-state index contributed by atoms with van der Waals surface area (Å²) in [6.07, 6.45) is 2.75. The monoisotopic (exact) mass is 304 g/mol. The maximum absolute atomic E-state index is 12.0. The van der Waals surface area contributed by atoms with Crippen molar-refractivity contribution in [1.29, 1.82) is 0 Å². The quantitative estimate of drug-likeness (QED) is 0.700. The van der Waals surface area contributed by atoms with E-state index in [9.17, 15) is 9.90 Å². The van der Waals surface area contributed by atoms with Crippen LogP contribution in [0.5, 0.6) is 0 Å². The lowest BCUT2D eigenvalue weighted by Gasteiger charge is -2.16. The van der Waals surface area contributed by atoms with E-state index in [0.29, 0.717) is 5.56 Å². The molecule has 1 saturated heterocycles. The SMILES string of the molecule is Nc1nc(=O)n([C@@H]2C[C@H](O)[C@@H](CO)O2)cc1-c1cccnc1. The van der Waals surface area contributed by atoms with Crippen molar-refractivity contribution in [1.82, 2.24) is 14.5 Å². The summed E-state index contributed by atoms with van der Waals surface area (Å²) in [6.45, 7) is -0.315. The minimum Gasteiger partial charge on any atom is -0.394 e. The third-order valence-corrected chi connectivity index (χ3v) is 3.65. The summed E-state index contributed by atoms with van der Waals surface area (Å²) in [5.41, 5.74) is 6.53. The molecule has 0 radical (unpaired) electrons. The molecule has 2 aromatic rings. The number of nitrogens with two attached hydrogens (primary N) is 1. The van der Waals surface area contributed by atoms with Gasteiger partial charge in [0.25, 0.3) is 0 Å². The number of aliphatic hydroxyl groups excluding tert-OH is 2. The van der Waals surface area contributed by atoms with Gasteiger partial charge in [0.05, 0.1) is 12.7 Å². The molecule has 3 heterocycles. The van der Waals surface area contributed by atoms with Crippen molar-refractivity contribution in [2.24, 2.45) is 0 Å². The Kier molecular flexibility index (Phi) is 3.88. The van der Waals surface area contributed by atoms with E-state index in [4.69, 9.17) is 15.6 Å². The normalized spacial score (nSPS) is 24.5. The third kappa shape index (κ3) is 2.59. The summed E-state index contributed by atoms with van der Waals surface area (Å²) >= 11 is 0. The lowest BCUT2D eigenvalue weighted by molar-refractivity contribution is -0.0458. The first-order valence-corrected chi connectivity index (χ1v) is 6.83. The van der Waals surface area contributed by atoms with Gasteiger partial charge in [0, 0.05) is 36.1 Å². The number of rotatable bonds is 3. The number of nitrogens with zero attached hydrogens (tertiary/aromatic N) is 3. The van der Waals surface area contributed by atoms with E-state index in [1.54, 1.807) is 30.7 Å². The van der Waals surface area contributed by atoms with Crippen LogP contribution in [0.25, 0.3) is 11.1 Å². The largest absolute Gasteiger partial charge is 0.394 e. The van der Waals surface area contributed by atoms with Gasteiger partial charge in [-0.25, -0.2) is 4.79 Å². The lowest BCUT2D eigenvalue weighted by Crippen LogP contribution is -2.28. The molecule has 1 aliphatic rings. The minimum absolute atomic E-state index is 0.103. The Bertz CT molecular complexity index is 719. The molecule has 3 atom stereocenters. The summed E-state index contributed by atoms with van der Waals surface area (Å²) in [5, 5.41) is 18.9. The van der Waals surface area contributed by atoms with Crippen molar-refractivity contribution in [3.8, 4) is 11.1 Å². The highest BCUT2D eigenvalue weighted by atomic mass is 16.5. The van der Waals surface area contributed by atoms with Gasteiger partial charge in [-0.2, -0.15) is 4.98 Å². The van der Waals surface area contributed by atoms with Crippen LogP contribution in [0.1, 0.15) is 12.6 Å². The number of aliphatic hydroxyl groups is 2. The highest BCUT2D eigenvalue weighted by Crippen LogP contribution is 2.29. The number of pyridine rings is 1. The van der Waals surface area contributed by atoms with Crippen LogP contribution in [-0.4, -0.2) is 43.6 Å². The molecule has 22 heavy (non-hydrogen) atoms. The molecule has 0 spiro atoms. The molecule has 8 nitrogen and oxygen atoms in total. The van der Waals surface area contributed by atoms with Gasteiger partial charge in [-0.3, -0.25) is 9.55 Å². The molecule has 4 N–H and O–H groups in total. The van der Waals surface area contributed by atoms with Crippen molar-refractivity contribution < 1.29 is 14.9 Å². The number of ether oxygens (including phenoxy) is 1. The van der Waals surface area contributed by atoms with Crippen LogP contribution >= 0.6 is 0 Å². The molecular weight excluding hydrogens is 288 g/mol. The van der Waals surface area contributed by atoms with E-state index in [2.05, 4.69) is 9.97 Å². The Labute approximate surface area is 125 Å².